The van der Waals surface area contributed by atoms with Gasteiger partial charge in [0.05, 0.1) is 11.1 Å². The Hall–Kier alpha value is -3.98. The van der Waals surface area contributed by atoms with Crippen LogP contribution in [0.25, 0.3) is 0 Å². The molecule has 9 nitrogen and oxygen atoms in total. The molecule has 1 fully saturated rings. The van der Waals surface area contributed by atoms with Gasteiger partial charge in [-0.1, -0.05) is 35.4 Å². The molecule has 1 aromatic heterocycles. The smallest absolute Gasteiger partial charge is 0.338 e. The molecule has 2 aromatic carbocycles. The molecule has 1 aliphatic heterocycles. The summed E-state index contributed by atoms with van der Waals surface area (Å²) in [6, 6.07) is 15.0. The van der Waals surface area contributed by atoms with Crippen LogP contribution in [0.3, 0.4) is 0 Å². The van der Waals surface area contributed by atoms with Crippen LogP contribution in [0.15, 0.2) is 70.4 Å². The fourth-order valence-corrected chi connectivity index (χ4v) is 3.63. The van der Waals surface area contributed by atoms with Crippen LogP contribution in [0.4, 0.5) is 0 Å². The van der Waals surface area contributed by atoms with E-state index in [1.807, 2.05) is 13.8 Å². The van der Waals surface area contributed by atoms with E-state index in [0.29, 0.717) is 11.1 Å². The Morgan fingerprint density at radius 2 is 1.53 bits per heavy atom. The average Bonchev–Trinajstić information content (AvgIpc) is 3.20. The van der Waals surface area contributed by atoms with Crippen molar-refractivity contribution in [3.8, 4) is 0 Å². The zero-order valence-electron chi connectivity index (χ0n) is 18.7. The lowest BCUT2D eigenvalue weighted by molar-refractivity contribution is -0.0582. The van der Waals surface area contributed by atoms with E-state index in [0.717, 1.165) is 11.1 Å². The van der Waals surface area contributed by atoms with Gasteiger partial charge in [-0.05, 0) is 38.1 Å². The lowest BCUT2D eigenvalue weighted by Gasteiger charge is -2.19. The van der Waals surface area contributed by atoms with Crippen LogP contribution in [0.1, 0.15) is 44.5 Å². The quantitative estimate of drug-likeness (QED) is 0.554. The second-order valence-corrected chi connectivity index (χ2v) is 8.16. The zero-order valence-corrected chi connectivity index (χ0v) is 18.7. The summed E-state index contributed by atoms with van der Waals surface area (Å²) in [5, 5.41) is 0. The first-order valence-electron chi connectivity index (χ1n) is 10.8. The third-order valence-electron chi connectivity index (χ3n) is 5.55. The molecule has 0 amide bonds. The maximum absolute atomic E-state index is 12.7. The van der Waals surface area contributed by atoms with E-state index in [1.54, 1.807) is 48.5 Å². The zero-order chi connectivity index (χ0) is 24.2. The number of nitrogens with one attached hydrogen (secondary N) is 1. The van der Waals surface area contributed by atoms with Crippen LogP contribution >= 0.6 is 0 Å². The van der Waals surface area contributed by atoms with Gasteiger partial charge in [-0.25, -0.2) is 14.4 Å². The van der Waals surface area contributed by atoms with Crippen molar-refractivity contribution in [3.63, 3.8) is 0 Å². The predicted octanol–water partition coefficient (Wildman–Crippen LogP) is 2.52. The molecule has 2 heterocycles. The minimum atomic E-state index is -0.816. The summed E-state index contributed by atoms with van der Waals surface area (Å²) in [5.74, 6) is -1.10. The SMILES string of the molecule is Cc1ccc(C(=O)OC[C@H]2O[C@@H]([15n]3ccc(=O)[15nH][13c]3=O)CC2OC(=O)c2ccc(C)cc2)cc1. The topological polar surface area (TPSA) is 117 Å². The fraction of sp³-hybridized carbons (Fsp3) is 0.280. The number of aryl methyl sites for hydroxylation is 2. The molecular weight excluding hydrogens is 443 g/mol. The van der Waals surface area contributed by atoms with E-state index in [2.05, 4.69) is 4.98 Å². The maximum atomic E-state index is 12.7. The van der Waals surface area contributed by atoms with Crippen LogP contribution in [0.5, 0.6) is 0 Å². The van der Waals surface area contributed by atoms with E-state index < -0.39 is 41.6 Å². The number of H-pyrrole nitrogens is 1. The second-order valence-electron chi connectivity index (χ2n) is 8.16. The summed E-state index contributed by atoms with van der Waals surface area (Å²) in [6.07, 6.45) is -0.971. The van der Waals surface area contributed by atoms with Gasteiger partial charge in [0, 0.05) is 18.7 Å². The number of carbonyl (C=O) groups excluding carboxylic acids is 2. The van der Waals surface area contributed by atoms with Crippen molar-refractivity contribution in [2.75, 3.05) is 6.61 Å². The van der Waals surface area contributed by atoms with Crippen LogP contribution in [0, 0.1) is 13.8 Å². The van der Waals surface area contributed by atoms with Crippen molar-refractivity contribution in [2.24, 2.45) is 0 Å². The standard InChI is InChI=1S/C25H24N2O7/c1-15-3-7-17(8-4-15)23(29)32-14-20-19(34-24(30)18-9-5-16(2)6-10-18)13-22(33-20)27-12-11-21(28)26-25(27)31/h3-12,19-20,22H,13-14H2,1-2H3,(H,26,28,31)/t19?,20-,22-/m1/s1/i25+1,26+1,27+1. The second kappa shape index (κ2) is 9.88. The highest BCUT2D eigenvalue weighted by molar-refractivity contribution is 5.90. The van der Waals surface area contributed by atoms with Crippen LogP contribution in [-0.2, 0) is 14.2 Å². The summed E-state index contributed by atoms with van der Waals surface area (Å²) >= 11 is 0. The summed E-state index contributed by atoms with van der Waals surface area (Å²) in [6.45, 7) is 3.63. The Balaban J connectivity index is 1.51. The molecule has 3 atom stereocenters. The highest BCUT2D eigenvalue weighted by Crippen LogP contribution is 2.31. The Kier molecular flexibility index (Phi) is 6.74. The number of ether oxygens (including phenoxy) is 3. The normalized spacial score (nSPS) is 19.5. The molecule has 3 aromatic rings. The van der Waals surface area contributed by atoms with Crippen molar-refractivity contribution in [1.29, 1.82) is 0 Å². The molecular formula is C25H24N2O7. The summed E-state index contributed by atoms with van der Waals surface area (Å²) < 4.78 is 18.2. The predicted molar refractivity (Wildman–Crippen MR) is 122 cm³/mol. The lowest BCUT2D eigenvalue weighted by atomic mass is 10.1. The number of esters is 2. The first-order valence-corrected chi connectivity index (χ1v) is 10.8. The van der Waals surface area contributed by atoms with Gasteiger partial charge in [-0.2, -0.15) is 0 Å². The number of hydrogen-bond donors (Lipinski definition) is 1. The largest absolute Gasteiger partial charge is 0.459 e. The van der Waals surface area contributed by atoms with E-state index >= 15 is 0 Å². The van der Waals surface area contributed by atoms with Crippen molar-refractivity contribution in [1.82, 2.24) is 9.55 Å². The third kappa shape index (κ3) is 5.32. The van der Waals surface area contributed by atoms with Gasteiger partial charge in [-0.15, -0.1) is 0 Å². The highest BCUT2D eigenvalue weighted by atomic mass is 16.6. The van der Waals surface area contributed by atoms with Gasteiger partial charge in [0.15, 0.2) is 0 Å². The fourth-order valence-electron chi connectivity index (χ4n) is 3.63. The summed E-state index contributed by atoms with van der Waals surface area (Å²) in [4.78, 5) is 51.0. The molecule has 0 bridgehead atoms. The minimum absolute atomic E-state index is 0.135. The number of aromatic amines is 1. The van der Waals surface area contributed by atoms with Gasteiger partial charge >= 0.3 is 17.6 Å². The summed E-state index contributed by atoms with van der Waals surface area (Å²) in [7, 11) is 0. The molecule has 0 saturated carbocycles. The van der Waals surface area contributed by atoms with Crippen molar-refractivity contribution in [2.45, 2.75) is 38.7 Å². The van der Waals surface area contributed by atoms with E-state index in [9.17, 15) is 19.2 Å². The molecule has 9 heteroatoms. The van der Waals surface area contributed by atoms with Crippen molar-refractivity contribution >= 4 is 11.9 Å². The van der Waals surface area contributed by atoms with Gasteiger partial charge in [0.25, 0.3) is 5.56 Å². The molecule has 1 unspecified atom stereocenters. The molecule has 0 aliphatic carbocycles. The average molecular weight is 467 g/mol. The molecule has 1 saturated heterocycles. The number of nitrogens with zero attached hydrogens (tertiary/aromatic N) is 1. The van der Waals surface area contributed by atoms with Crippen molar-refractivity contribution in [3.05, 3.63) is 104 Å². The van der Waals surface area contributed by atoms with E-state index in [1.165, 1.54) is 16.8 Å². The molecule has 1 aliphatic rings. The maximum Gasteiger partial charge on any atom is 0.338 e. The summed E-state index contributed by atoms with van der Waals surface area (Å²) in [5.41, 5.74) is 1.56. The van der Waals surface area contributed by atoms with Gasteiger partial charge < -0.3 is 14.2 Å². The molecule has 0 radical (unpaired) electrons. The van der Waals surface area contributed by atoms with Gasteiger partial charge in [-0.3, -0.25) is 14.3 Å². The molecule has 1 N–H and O–H groups in total. The number of hydrogen-bond acceptors (Lipinski definition) is 7. The first kappa shape index (κ1) is 23.2. The van der Waals surface area contributed by atoms with Gasteiger partial charge in [0.2, 0.25) is 0 Å². The monoisotopic (exact) mass is 467 g/mol. The Bertz CT molecular complexity index is 1290. The highest BCUT2D eigenvalue weighted by Gasteiger charge is 2.40. The van der Waals surface area contributed by atoms with E-state index in [4.69, 9.17) is 14.2 Å². The van der Waals surface area contributed by atoms with Crippen molar-refractivity contribution < 1.29 is 23.8 Å². The van der Waals surface area contributed by atoms with Crippen LogP contribution in [0.2, 0.25) is 0 Å². The number of rotatable bonds is 6. The lowest BCUT2D eigenvalue weighted by Crippen LogP contribution is -2.32. The number of aromatic nitrogens is 2. The first-order chi connectivity index (χ1) is 16.3. The Morgan fingerprint density at radius 3 is 2.12 bits per heavy atom. The van der Waals surface area contributed by atoms with E-state index in [-0.39, 0.29) is 13.0 Å². The number of carbonyl (C=O) groups is 2. The number of benzene rings is 2. The van der Waals surface area contributed by atoms with Crippen LogP contribution in [-0.4, -0.2) is 40.3 Å². The molecule has 34 heavy (non-hydrogen) atoms. The van der Waals surface area contributed by atoms with Crippen LogP contribution < -0.4 is 11.2 Å². The molecule has 4 rings (SSSR count). The molecule has 0 spiro atoms. The third-order valence-corrected chi connectivity index (χ3v) is 5.55. The molecule has 176 valence electrons. The minimum Gasteiger partial charge on any atom is -0.459 e. The Morgan fingerprint density at radius 1 is 0.941 bits per heavy atom. The Labute approximate surface area is 194 Å². The van der Waals surface area contributed by atoms with Gasteiger partial charge in [0.1, 0.15) is 25.0 Å².